The number of carbonyl (C=O) groups is 2. The second kappa shape index (κ2) is 4.97. The molecule has 1 aliphatic heterocycles. The van der Waals surface area contributed by atoms with Gasteiger partial charge < -0.3 is 19.7 Å². The molecule has 5 nitrogen and oxygen atoms in total. The van der Waals surface area contributed by atoms with E-state index in [1.165, 1.54) is 0 Å². The fourth-order valence-electron chi connectivity index (χ4n) is 1.53. The van der Waals surface area contributed by atoms with E-state index in [-0.39, 0.29) is 0 Å². The Kier molecular flexibility index (Phi) is 3.85. The van der Waals surface area contributed by atoms with E-state index in [0.29, 0.717) is 17.5 Å². The molecule has 1 atom stereocenters. The van der Waals surface area contributed by atoms with Crippen LogP contribution in [0.1, 0.15) is 36.2 Å². The van der Waals surface area contributed by atoms with Gasteiger partial charge in [-0.1, -0.05) is 25.1 Å². The third kappa shape index (κ3) is 2.82. The predicted octanol–water partition coefficient (Wildman–Crippen LogP) is 0.168. The molecule has 0 amide bonds. The summed E-state index contributed by atoms with van der Waals surface area (Å²) in [7, 11) is 0. The molecule has 0 fully saturated rings. The van der Waals surface area contributed by atoms with Gasteiger partial charge in [0.1, 0.15) is 0 Å². The molecule has 17 heavy (non-hydrogen) atoms. The number of carboxylic acid groups (broad SMARTS) is 1. The number of aliphatic carboxylic acids is 1. The molecule has 0 aromatic heterocycles. The summed E-state index contributed by atoms with van der Waals surface area (Å²) in [6, 6.07) is 6.90. The Hall–Kier alpha value is -1.88. The van der Waals surface area contributed by atoms with Gasteiger partial charge in [0.15, 0.2) is 0 Å². The van der Waals surface area contributed by atoms with Gasteiger partial charge >= 0.3 is 5.97 Å². The number of cyclic esters (lactones) is 1. The van der Waals surface area contributed by atoms with Gasteiger partial charge in [-0.25, -0.2) is 4.79 Å². The molecular weight excluding hydrogens is 224 g/mol. The number of benzene rings is 1. The Morgan fingerprint density at radius 1 is 1.47 bits per heavy atom. The van der Waals surface area contributed by atoms with Crippen LogP contribution in [-0.4, -0.2) is 17.0 Å². The summed E-state index contributed by atoms with van der Waals surface area (Å²) in [5.41, 5.74) is 1.04. The first kappa shape index (κ1) is 13.2. The van der Waals surface area contributed by atoms with Gasteiger partial charge in [0.05, 0.1) is 5.56 Å². The highest BCUT2D eigenvalue weighted by molar-refractivity contribution is 5.94. The lowest BCUT2D eigenvalue weighted by Gasteiger charge is -2.19. The maximum atomic E-state index is 11.3. The van der Waals surface area contributed by atoms with Gasteiger partial charge in [0, 0.05) is 18.0 Å². The topological polar surface area (TPSA) is 86.7 Å². The summed E-state index contributed by atoms with van der Waals surface area (Å²) in [5, 5.41) is 18.8. The first-order valence-electron chi connectivity index (χ1n) is 5.13. The number of carbonyl (C=O) groups excluding carboxylic acids is 2. The Balaban J connectivity index is 0.000000317. The van der Waals surface area contributed by atoms with Crippen LogP contribution in [0.3, 0.4) is 0 Å². The molecule has 0 aliphatic carbocycles. The van der Waals surface area contributed by atoms with Crippen molar-refractivity contribution in [2.45, 2.75) is 26.1 Å². The van der Waals surface area contributed by atoms with Crippen molar-refractivity contribution in [3.63, 3.8) is 0 Å². The summed E-state index contributed by atoms with van der Waals surface area (Å²) in [5.74, 6) is -2.94. The minimum Gasteiger partial charge on any atom is -0.550 e. The lowest BCUT2D eigenvalue weighted by atomic mass is 10.0. The maximum Gasteiger partial charge on any atom is 0.341 e. The zero-order chi connectivity index (χ0) is 13.1. The van der Waals surface area contributed by atoms with E-state index in [0.717, 1.165) is 6.92 Å². The van der Waals surface area contributed by atoms with Crippen molar-refractivity contribution in [2.75, 3.05) is 0 Å². The Morgan fingerprint density at radius 2 is 2.00 bits per heavy atom. The Labute approximate surface area is 98.6 Å². The van der Waals surface area contributed by atoms with E-state index < -0.39 is 17.7 Å². The highest BCUT2D eigenvalue weighted by Crippen LogP contribution is 2.36. The van der Waals surface area contributed by atoms with Crippen LogP contribution >= 0.6 is 0 Å². The lowest BCUT2D eigenvalue weighted by Crippen LogP contribution is -2.24. The largest absolute Gasteiger partial charge is 0.550 e. The zero-order valence-electron chi connectivity index (χ0n) is 9.60. The summed E-state index contributed by atoms with van der Waals surface area (Å²) < 4.78 is 4.89. The van der Waals surface area contributed by atoms with E-state index >= 15 is 0 Å². The van der Waals surface area contributed by atoms with E-state index in [1.807, 2.05) is 0 Å². The zero-order valence-corrected chi connectivity index (χ0v) is 9.60. The Bertz CT molecular complexity index is 436. The van der Waals surface area contributed by atoms with Crippen molar-refractivity contribution in [1.29, 1.82) is 0 Å². The minimum absolute atomic E-state index is 0.371. The van der Waals surface area contributed by atoms with Crippen molar-refractivity contribution in [3.05, 3.63) is 35.4 Å². The molecule has 1 aliphatic rings. The van der Waals surface area contributed by atoms with Crippen LogP contribution in [0.25, 0.3) is 0 Å². The van der Waals surface area contributed by atoms with Crippen molar-refractivity contribution in [2.24, 2.45) is 0 Å². The molecule has 1 heterocycles. The van der Waals surface area contributed by atoms with Crippen LogP contribution in [0.2, 0.25) is 0 Å². The smallest absolute Gasteiger partial charge is 0.341 e. The second-order valence-corrected chi connectivity index (χ2v) is 3.56. The second-order valence-electron chi connectivity index (χ2n) is 3.56. The standard InChI is InChI=1S/C10H10O3.C2H4O2/c1-2-10(12)8-6-4-3-5-7(8)9(11)13-10;1-2(3)4/h3-6,12H,2H2,1H3;1H3,(H,3,4)/p-1. The monoisotopic (exact) mass is 237 g/mol. The molecule has 1 aromatic carbocycles. The highest BCUT2D eigenvalue weighted by atomic mass is 16.7. The fourth-order valence-corrected chi connectivity index (χ4v) is 1.53. The number of hydrogen-bond acceptors (Lipinski definition) is 5. The van der Waals surface area contributed by atoms with Crippen LogP contribution in [0.15, 0.2) is 24.3 Å². The molecule has 0 saturated heterocycles. The first-order chi connectivity index (χ1) is 7.90. The van der Waals surface area contributed by atoms with Crippen molar-refractivity contribution >= 4 is 11.9 Å². The van der Waals surface area contributed by atoms with E-state index in [4.69, 9.17) is 14.6 Å². The number of aliphatic hydroxyl groups is 1. The summed E-state index contributed by atoms with van der Waals surface area (Å²) >= 11 is 0. The van der Waals surface area contributed by atoms with E-state index in [2.05, 4.69) is 0 Å². The van der Waals surface area contributed by atoms with Crippen LogP contribution in [-0.2, 0) is 15.3 Å². The van der Waals surface area contributed by atoms with Crippen LogP contribution in [0.4, 0.5) is 0 Å². The normalized spacial score (nSPS) is 21.0. The fraction of sp³-hybridized carbons (Fsp3) is 0.333. The number of esters is 1. The molecule has 0 saturated carbocycles. The average Bonchev–Trinajstić information content (AvgIpc) is 2.52. The molecule has 5 heteroatoms. The van der Waals surface area contributed by atoms with Gasteiger partial charge in [0.25, 0.3) is 0 Å². The molecule has 1 unspecified atom stereocenters. The number of carboxylic acids is 1. The number of ether oxygens (including phenoxy) is 1. The number of fused-ring (bicyclic) bond motifs is 1. The SMILES string of the molecule is CC(=O)[O-].CCC1(O)OC(=O)c2ccccc21. The molecular formula is C12H13O5-. The molecule has 0 radical (unpaired) electrons. The Morgan fingerprint density at radius 3 is 2.53 bits per heavy atom. The van der Waals surface area contributed by atoms with Crippen LogP contribution in [0, 0.1) is 0 Å². The van der Waals surface area contributed by atoms with Gasteiger partial charge in [-0.15, -0.1) is 0 Å². The quantitative estimate of drug-likeness (QED) is 0.703. The molecule has 0 bridgehead atoms. The third-order valence-corrected chi connectivity index (χ3v) is 2.31. The number of hydrogen-bond donors (Lipinski definition) is 1. The maximum absolute atomic E-state index is 11.3. The first-order valence-corrected chi connectivity index (χ1v) is 5.13. The minimum atomic E-state index is -1.41. The highest BCUT2D eigenvalue weighted by Gasteiger charge is 2.42. The lowest BCUT2D eigenvalue weighted by molar-refractivity contribution is -0.302. The molecule has 2 rings (SSSR count). The molecule has 1 N–H and O–H groups in total. The number of rotatable bonds is 1. The van der Waals surface area contributed by atoms with Crippen LogP contribution < -0.4 is 5.11 Å². The third-order valence-electron chi connectivity index (χ3n) is 2.31. The van der Waals surface area contributed by atoms with E-state index in [1.54, 1.807) is 31.2 Å². The van der Waals surface area contributed by atoms with Gasteiger partial charge in [-0.05, 0) is 13.0 Å². The average molecular weight is 237 g/mol. The van der Waals surface area contributed by atoms with Gasteiger partial charge in [-0.2, -0.15) is 0 Å². The molecule has 92 valence electrons. The predicted molar refractivity (Wildman–Crippen MR) is 56.7 cm³/mol. The van der Waals surface area contributed by atoms with Crippen molar-refractivity contribution < 1.29 is 24.5 Å². The summed E-state index contributed by atoms with van der Waals surface area (Å²) in [6.07, 6.45) is 0.371. The van der Waals surface area contributed by atoms with Gasteiger partial charge in [0.2, 0.25) is 5.79 Å². The summed E-state index contributed by atoms with van der Waals surface area (Å²) in [4.78, 5) is 20.1. The van der Waals surface area contributed by atoms with Crippen LogP contribution in [0.5, 0.6) is 0 Å². The van der Waals surface area contributed by atoms with E-state index in [9.17, 15) is 9.90 Å². The summed E-state index contributed by atoms with van der Waals surface area (Å²) in [6.45, 7) is 2.75. The van der Waals surface area contributed by atoms with Gasteiger partial charge in [-0.3, -0.25) is 0 Å². The molecule has 0 spiro atoms. The van der Waals surface area contributed by atoms with Crippen molar-refractivity contribution in [3.8, 4) is 0 Å². The molecule has 1 aromatic rings. The van der Waals surface area contributed by atoms with Crippen molar-refractivity contribution in [1.82, 2.24) is 0 Å².